The van der Waals surface area contributed by atoms with Crippen molar-refractivity contribution in [3.63, 3.8) is 0 Å². The Hall–Kier alpha value is -4.37. The van der Waals surface area contributed by atoms with Gasteiger partial charge in [-0.2, -0.15) is 0 Å². The Labute approximate surface area is 249 Å². The van der Waals surface area contributed by atoms with Crippen LogP contribution < -0.4 is 4.74 Å². The van der Waals surface area contributed by atoms with Crippen molar-refractivity contribution >= 4 is 17.7 Å². The monoisotopic (exact) mass is 579 g/mol. The number of piperidine rings is 1. The summed E-state index contributed by atoms with van der Waals surface area (Å²) in [5.74, 6) is 3.04. The molecule has 3 aromatic carbocycles. The lowest BCUT2D eigenvalue weighted by Gasteiger charge is -2.31. The van der Waals surface area contributed by atoms with E-state index in [1.165, 1.54) is 23.6 Å². The molecule has 214 valence electrons. The SMILES string of the molecule is COc1ccc(-n2c(Cc3ccccc3)nnc2SCc2nc(C(=O)N3CCC(Cc4ccccc4)CC3)co2)cc1. The lowest BCUT2D eigenvalue weighted by atomic mass is 9.90. The number of methoxy groups -OCH3 is 1. The first kappa shape index (κ1) is 27.8. The minimum absolute atomic E-state index is 0.0697. The summed E-state index contributed by atoms with van der Waals surface area (Å²) in [5.41, 5.74) is 3.80. The molecule has 0 N–H and O–H groups in total. The molecule has 0 radical (unpaired) electrons. The molecule has 6 rings (SSSR count). The summed E-state index contributed by atoms with van der Waals surface area (Å²) >= 11 is 1.48. The van der Waals surface area contributed by atoms with Crippen LogP contribution in [0.15, 0.2) is 101 Å². The average Bonchev–Trinajstić information content (AvgIpc) is 3.68. The summed E-state index contributed by atoms with van der Waals surface area (Å²) in [7, 11) is 1.65. The van der Waals surface area contributed by atoms with Crippen LogP contribution in [-0.2, 0) is 18.6 Å². The van der Waals surface area contributed by atoms with Gasteiger partial charge in [-0.1, -0.05) is 72.4 Å². The van der Waals surface area contributed by atoms with Crippen LogP contribution in [0.3, 0.4) is 0 Å². The van der Waals surface area contributed by atoms with Gasteiger partial charge in [0.15, 0.2) is 10.9 Å². The number of carbonyl (C=O) groups is 1. The number of oxazole rings is 1. The Morgan fingerprint density at radius 1 is 0.929 bits per heavy atom. The standard InChI is InChI=1S/C33H33N5O3S/c1-40-28-14-12-27(13-15-28)38-30(21-25-10-6-3-7-11-25)35-36-33(38)42-23-31-34-29(22-41-31)32(39)37-18-16-26(17-19-37)20-24-8-4-2-5-9-24/h2-15,22,26H,16-21,23H2,1H3. The number of aromatic nitrogens is 4. The van der Waals surface area contributed by atoms with Crippen molar-refractivity contribution in [2.24, 2.45) is 5.92 Å². The third kappa shape index (κ3) is 6.57. The van der Waals surface area contributed by atoms with Crippen molar-refractivity contribution < 1.29 is 13.9 Å². The van der Waals surface area contributed by atoms with Crippen molar-refractivity contribution in [3.8, 4) is 11.4 Å². The molecule has 1 saturated heterocycles. The van der Waals surface area contributed by atoms with E-state index in [4.69, 9.17) is 9.15 Å². The number of amides is 1. The zero-order valence-electron chi connectivity index (χ0n) is 23.6. The maximum absolute atomic E-state index is 13.2. The molecule has 0 bridgehead atoms. The minimum Gasteiger partial charge on any atom is -0.497 e. The number of likely N-dealkylation sites (tertiary alicyclic amines) is 1. The van der Waals surface area contributed by atoms with Crippen LogP contribution in [0.25, 0.3) is 5.69 Å². The Morgan fingerprint density at radius 3 is 2.31 bits per heavy atom. The molecule has 0 saturated carbocycles. The van der Waals surface area contributed by atoms with Gasteiger partial charge in [0.2, 0.25) is 5.89 Å². The fraction of sp³-hybridized carbons (Fsp3) is 0.273. The van der Waals surface area contributed by atoms with E-state index in [-0.39, 0.29) is 5.91 Å². The highest BCUT2D eigenvalue weighted by molar-refractivity contribution is 7.98. The first-order chi connectivity index (χ1) is 20.7. The van der Waals surface area contributed by atoms with E-state index in [2.05, 4.69) is 51.6 Å². The lowest BCUT2D eigenvalue weighted by Crippen LogP contribution is -2.39. The fourth-order valence-electron chi connectivity index (χ4n) is 5.33. The summed E-state index contributed by atoms with van der Waals surface area (Å²) < 4.78 is 13.1. The molecule has 0 unspecified atom stereocenters. The van der Waals surface area contributed by atoms with E-state index < -0.39 is 0 Å². The molecule has 0 atom stereocenters. The average molecular weight is 580 g/mol. The molecule has 3 heterocycles. The minimum atomic E-state index is -0.0697. The molecule has 42 heavy (non-hydrogen) atoms. The van der Waals surface area contributed by atoms with Gasteiger partial charge in [-0.3, -0.25) is 9.36 Å². The zero-order chi connectivity index (χ0) is 28.7. The second kappa shape index (κ2) is 13.1. The quantitative estimate of drug-likeness (QED) is 0.181. The highest BCUT2D eigenvalue weighted by Gasteiger charge is 2.26. The second-order valence-corrected chi connectivity index (χ2v) is 11.4. The highest BCUT2D eigenvalue weighted by atomic mass is 32.2. The van der Waals surface area contributed by atoms with Crippen LogP contribution in [0, 0.1) is 5.92 Å². The third-order valence-electron chi connectivity index (χ3n) is 7.60. The van der Waals surface area contributed by atoms with E-state index in [9.17, 15) is 4.79 Å². The van der Waals surface area contributed by atoms with Crippen LogP contribution in [0.5, 0.6) is 5.75 Å². The van der Waals surface area contributed by atoms with Gasteiger partial charge >= 0.3 is 0 Å². The molecule has 5 aromatic rings. The number of rotatable bonds is 10. The number of hydrogen-bond acceptors (Lipinski definition) is 7. The largest absolute Gasteiger partial charge is 0.497 e. The molecular weight excluding hydrogens is 546 g/mol. The number of carbonyl (C=O) groups excluding carboxylic acids is 1. The topological polar surface area (TPSA) is 86.3 Å². The Balaban J connectivity index is 1.11. The van der Waals surface area contributed by atoms with Crippen LogP contribution in [0.2, 0.25) is 0 Å². The predicted molar refractivity (Wildman–Crippen MR) is 162 cm³/mol. The molecule has 1 aliphatic heterocycles. The molecule has 1 fully saturated rings. The van der Waals surface area contributed by atoms with Crippen LogP contribution in [0.1, 0.15) is 46.2 Å². The number of ether oxygens (including phenoxy) is 1. The maximum atomic E-state index is 13.2. The summed E-state index contributed by atoms with van der Waals surface area (Å²) in [4.78, 5) is 19.6. The highest BCUT2D eigenvalue weighted by Crippen LogP contribution is 2.28. The Morgan fingerprint density at radius 2 is 1.62 bits per heavy atom. The van der Waals surface area contributed by atoms with Gasteiger partial charge in [0.1, 0.15) is 17.8 Å². The van der Waals surface area contributed by atoms with Crippen LogP contribution in [0.4, 0.5) is 0 Å². The number of hydrogen-bond donors (Lipinski definition) is 0. The van der Waals surface area contributed by atoms with Crippen LogP contribution >= 0.6 is 11.8 Å². The molecule has 0 spiro atoms. The molecular formula is C33H33N5O3S. The molecule has 9 heteroatoms. The predicted octanol–water partition coefficient (Wildman–Crippen LogP) is 6.24. The van der Waals surface area contributed by atoms with Crippen LogP contribution in [-0.4, -0.2) is 50.8 Å². The third-order valence-corrected chi connectivity index (χ3v) is 8.51. The van der Waals surface area contributed by atoms with E-state index in [1.807, 2.05) is 58.0 Å². The van der Waals surface area contributed by atoms with E-state index in [0.717, 1.165) is 60.3 Å². The van der Waals surface area contributed by atoms with E-state index >= 15 is 0 Å². The van der Waals surface area contributed by atoms with Crippen molar-refractivity contribution in [2.75, 3.05) is 20.2 Å². The van der Waals surface area contributed by atoms with E-state index in [0.29, 0.717) is 29.7 Å². The zero-order valence-corrected chi connectivity index (χ0v) is 24.4. The molecule has 0 aliphatic carbocycles. The summed E-state index contributed by atoms with van der Waals surface area (Å²) in [6.07, 6.45) is 5.16. The number of benzene rings is 3. The van der Waals surface area contributed by atoms with Gasteiger partial charge in [-0.05, 0) is 60.6 Å². The molecule has 2 aromatic heterocycles. The number of thioether (sulfide) groups is 1. The summed E-state index contributed by atoms with van der Waals surface area (Å²) in [6, 6.07) is 28.6. The van der Waals surface area contributed by atoms with Crippen molar-refractivity contribution in [2.45, 2.75) is 36.6 Å². The second-order valence-electron chi connectivity index (χ2n) is 10.4. The van der Waals surface area contributed by atoms with Gasteiger partial charge in [-0.15, -0.1) is 10.2 Å². The van der Waals surface area contributed by atoms with Gasteiger partial charge in [-0.25, -0.2) is 4.98 Å². The smallest absolute Gasteiger partial charge is 0.275 e. The summed E-state index contributed by atoms with van der Waals surface area (Å²) in [5, 5.41) is 9.74. The Bertz CT molecular complexity index is 1590. The van der Waals surface area contributed by atoms with Gasteiger partial charge < -0.3 is 14.1 Å². The lowest BCUT2D eigenvalue weighted by molar-refractivity contribution is 0.0684. The van der Waals surface area contributed by atoms with E-state index in [1.54, 1.807) is 7.11 Å². The molecule has 8 nitrogen and oxygen atoms in total. The molecule has 1 aliphatic rings. The van der Waals surface area contributed by atoms with Crippen molar-refractivity contribution in [1.82, 2.24) is 24.6 Å². The first-order valence-electron chi connectivity index (χ1n) is 14.2. The first-order valence-corrected chi connectivity index (χ1v) is 15.2. The van der Waals surface area contributed by atoms with Crippen molar-refractivity contribution in [1.29, 1.82) is 0 Å². The van der Waals surface area contributed by atoms with Crippen molar-refractivity contribution in [3.05, 3.63) is 120 Å². The molecule has 1 amide bonds. The maximum Gasteiger partial charge on any atom is 0.275 e. The Kier molecular flexibility index (Phi) is 8.65. The van der Waals surface area contributed by atoms with Gasteiger partial charge in [0, 0.05) is 25.2 Å². The fourth-order valence-corrected chi connectivity index (χ4v) is 6.15. The summed E-state index contributed by atoms with van der Waals surface area (Å²) in [6.45, 7) is 1.48. The van der Waals surface area contributed by atoms with Gasteiger partial charge in [0.05, 0.1) is 12.9 Å². The van der Waals surface area contributed by atoms with Gasteiger partial charge in [0.25, 0.3) is 5.91 Å². The normalized spacial score (nSPS) is 13.8. The number of nitrogens with zero attached hydrogens (tertiary/aromatic N) is 5.